The Labute approximate surface area is 135 Å². The van der Waals surface area contributed by atoms with Crippen LogP contribution in [-0.4, -0.2) is 13.6 Å². The third-order valence-electron chi connectivity index (χ3n) is 3.59. The lowest BCUT2D eigenvalue weighted by Crippen LogP contribution is -2.19. The van der Waals surface area contributed by atoms with Gasteiger partial charge in [0.05, 0.1) is 6.54 Å². The molecule has 0 spiro atoms. The van der Waals surface area contributed by atoms with E-state index in [9.17, 15) is 0 Å². The summed E-state index contributed by atoms with van der Waals surface area (Å²) in [5.74, 6) is 1.94. The van der Waals surface area contributed by atoms with Crippen molar-refractivity contribution >= 4 is 21.6 Å². The second-order valence-corrected chi connectivity index (χ2v) is 6.21. The number of anilines is 1. The van der Waals surface area contributed by atoms with Gasteiger partial charge in [-0.3, -0.25) is 0 Å². The molecule has 114 valence electrons. The monoisotopic (exact) mass is 350 g/mol. The minimum atomic E-state index is 0.344. The van der Waals surface area contributed by atoms with E-state index in [0.29, 0.717) is 6.04 Å². The van der Waals surface area contributed by atoms with Gasteiger partial charge < -0.3 is 14.6 Å². The number of hydrogen-bond acceptors (Lipinski definition) is 3. The Kier molecular flexibility index (Phi) is 5.48. The number of nitrogens with zero attached hydrogens (tertiary/aromatic N) is 1. The van der Waals surface area contributed by atoms with Crippen molar-refractivity contribution in [3.8, 4) is 0 Å². The summed E-state index contributed by atoms with van der Waals surface area (Å²) < 4.78 is 6.77. The predicted molar refractivity (Wildman–Crippen MR) is 91.8 cm³/mol. The zero-order valence-electron chi connectivity index (χ0n) is 13.1. The van der Waals surface area contributed by atoms with Crippen molar-refractivity contribution in [1.29, 1.82) is 0 Å². The summed E-state index contributed by atoms with van der Waals surface area (Å²) in [6.45, 7) is 8.00. The van der Waals surface area contributed by atoms with E-state index in [4.69, 9.17) is 4.42 Å². The second-order valence-electron chi connectivity index (χ2n) is 5.35. The molecule has 4 heteroatoms. The molecule has 0 aliphatic carbocycles. The Balaban J connectivity index is 2.11. The number of furan rings is 1. The lowest BCUT2D eigenvalue weighted by Gasteiger charge is -2.21. The molecule has 21 heavy (non-hydrogen) atoms. The van der Waals surface area contributed by atoms with Gasteiger partial charge >= 0.3 is 0 Å². The van der Waals surface area contributed by atoms with E-state index in [-0.39, 0.29) is 0 Å². The largest absolute Gasteiger partial charge is 0.464 e. The average Bonchev–Trinajstić information content (AvgIpc) is 2.84. The van der Waals surface area contributed by atoms with Crippen LogP contribution in [0.5, 0.6) is 0 Å². The summed E-state index contributed by atoms with van der Waals surface area (Å²) >= 11 is 3.69. The summed E-state index contributed by atoms with van der Waals surface area (Å²) in [5.41, 5.74) is 2.45. The minimum Gasteiger partial charge on any atom is -0.464 e. The quantitative estimate of drug-likeness (QED) is 0.821. The van der Waals surface area contributed by atoms with Crippen molar-refractivity contribution in [1.82, 2.24) is 5.32 Å². The van der Waals surface area contributed by atoms with Gasteiger partial charge in [-0.2, -0.15) is 0 Å². The molecule has 1 unspecified atom stereocenters. The summed E-state index contributed by atoms with van der Waals surface area (Å²) in [6, 6.07) is 10.9. The zero-order chi connectivity index (χ0) is 15.4. The van der Waals surface area contributed by atoms with E-state index >= 15 is 0 Å². The fraction of sp³-hybridized carbons (Fsp3) is 0.412. The first-order chi connectivity index (χ1) is 10.0. The highest BCUT2D eigenvalue weighted by atomic mass is 79.9. The minimum absolute atomic E-state index is 0.344. The molecule has 1 atom stereocenters. The first-order valence-electron chi connectivity index (χ1n) is 7.30. The van der Waals surface area contributed by atoms with Crippen LogP contribution in [0.2, 0.25) is 0 Å². The third-order valence-corrected chi connectivity index (χ3v) is 4.28. The smallest absolute Gasteiger partial charge is 0.123 e. The van der Waals surface area contributed by atoms with Crippen LogP contribution in [0, 0.1) is 6.92 Å². The molecule has 1 aromatic carbocycles. The number of aryl methyl sites for hydroxylation is 1. The first-order valence-corrected chi connectivity index (χ1v) is 8.09. The van der Waals surface area contributed by atoms with Gasteiger partial charge in [-0.15, -0.1) is 0 Å². The van der Waals surface area contributed by atoms with Crippen LogP contribution in [0.4, 0.5) is 5.69 Å². The van der Waals surface area contributed by atoms with E-state index in [1.54, 1.807) is 0 Å². The number of nitrogens with one attached hydrogen (secondary N) is 1. The van der Waals surface area contributed by atoms with Gasteiger partial charge in [0.25, 0.3) is 0 Å². The lowest BCUT2D eigenvalue weighted by atomic mass is 10.1. The summed E-state index contributed by atoms with van der Waals surface area (Å²) in [4.78, 5) is 2.19. The molecule has 0 saturated heterocycles. The van der Waals surface area contributed by atoms with Crippen LogP contribution in [0.3, 0.4) is 0 Å². The van der Waals surface area contributed by atoms with Gasteiger partial charge in [0.2, 0.25) is 0 Å². The molecule has 0 saturated carbocycles. The molecular weight excluding hydrogens is 328 g/mol. The molecule has 1 N–H and O–H groups in total. The molecule has 0 amide bonds. The molecule has 0 fully saturated rings. The zero-order valence-corrected chi connectivity index (χ0v) is 14.7. The molecular formula is C17H23BrN2O. The molecule has 1 heterocycles. The normalized spacial score (nSPS) is 12.4. The lowest BCUT2D eigenvalue weighted by molar-refractivity contribution is 0.482. The van der Waals surface area contributed by atoms with E-state index in [2.05, 4.69) is 65.2 Å². The van der Waals surface area contributed by atoms with E-state index in [0.717, 1.165) is 29.1 Å². The summed E-state index contributed by atoms with van der Waals surface area (Å²) in [6.07, 6.45) is 0. The van der Waals surface area contributed by atoms with Crippen LogP contribution in [-0.2, 0) is 6.54 Å². The Morgan fingerprint density at radius 2 is 2.05 bits per heavy atom. The van der Waals surface area contributed by atoms with Crippen molar-refractivity contribution in [2.24, 2.45) is 0 Å². The van der Waals surface area contributed by atoms with Crippen molar-refractivity contribution in [2.45, 2.75) is 33.4 Å². The van der Waals surface area contributed by atoms with Crippen molar-refractivity contribution in [3.63, 3.8) is 0 Å². The van der Waals surface area contributed by atoms with E-state index in [1.165, 1.54) is 11.3 Å². The Morgan fingerprint density at radius 3 is 2.62 bits per heavy atom. The Morgan fingerprint density at radius 1 is 1.29 bits per heavy atom. The SMILES string of the molecule is CCNC(C)c1ccc(N(C)Cc2ccc(C)o2)cc1Br. The maximum Gasteiger partial charge on any atom is 0.123 e. The first kappa shape index (κ1) is 16.1. The molecule has 2 aromatic rings. The van der Waals surface area contributed by atoms with E-state index < -0.39 is 0 Å². The molecule has 3 nitrogen and oxygen atoms in total. The number of benzene rings is 1. The van der Waals surface area contributed by atoms with Crippen LogP contribution < -0.4 is 10.2 Å². The van der Waals surface area contributed by atoms with Gasteiger partial charge in [0, 0.05) is 23.2 Å². The van der Waals surface area contributed by atoms with Gasteiger partial charge in [-0.25, -0.2) is 0 Å². The van der Waals surface area contributed by atoms with Crippen molar-refractivity contribution < 1.29 is 4.42 Å². The van der Waals surface area contributed by atoms with Crippen LogP contribution >= 0.6 is 15.9 Å². The molecule has 2 rings (SSSR count). The van der Waals surface area contributed by atoms with Crippen LogP contribution in [0.1, 0.15) is 37.0 Å². The summed E-state index contributed by atoms with van der Waals surface area (Å²) in [7, 11) is 2.08. The maximum absolute atomic E-state index is 5.64. The van der Waals surface area contributed by atoms with Gasteiger partial charge in [0.1, 0.15) is 11.5 Å². The Hall–Kier alpha value is -1.26. The number of halogens is 1. The Bertz CT molecular complexity index is 594. The van der Waals surface area contributed by atoms with Gasteiger partial charge in [0.15, 0.2) is 0 Å². The maximum atomic E-state index is 5.64. The molecule has 1 aromatic heterocycles. The van der Waals surface area contributed by atoms with Crippen molar-refractivity contribution in [2.75, 3.05) is 18.5 Å². The van der Waals surface area contributed by atoms with Crippen LogP contribution in [0.25, 0.3) is 0 Å². The predicted octanol–water partition coefficient (Wildman–Crippen LogP) is 4.66. The highest BCUT2D eigenvalue weighted by molar-refractivity contribution is 9.10. The standard InChI is InChI=1S/C17H23BrN2O/c1-5-19-13(3)16-9-7-14(10-17(16)18)20(4)11-15-8-6-12(2)21-15/h6-10,13,19H,5,11H2,1-4H3. The molecule has 0 aliphatic rings. The van der Waals surface area contributed by atoms with Crippen molar-refractivity contribution in [3.05, 3.63) is 51.9 Å². The van der Waals surface area contributed by atoms with Crippen LogP contribution in [0.15, 0.2) is 39.2 Å². The highest BCUT2D eigenvalue weighted by Gasteiger charge is 2.11. The van der Waals surface area contributed by atoms with E-state index in [1.807, 2.05) is 19.1 Å². The molecule has 0 radical (unpaired) electrons. The fourth-order valence-corrected chi connectivity index (χ4v) is 3.13. The molecule has 0 bridgehead atoms. The second kappa shape index (κ2) is 7.14. The highest BCUT2D eigenvalue weighted by Crippen LogP contribution is 2.28. The van der Waals surface area contributed by atoms with Gasteiger partial charge in [-0.1, -0.05) is 28.9 Å². The summed E-state index contributed by atoms with van der Waals surface area (Å²) in [5, 5.41) is 3.44. The fourth-order valence-electron chi connectivity index (χ4n) is 2.42. The average molecular weight is 351 g/mol. The molecule has 0 aliphatic heterocycles. The third kappa shape index (κ3) is 4.11. The number of hydrogen-bond donors (Lipinski definition) is 1. The topological polar surface area (TPSA) is 28.4 Å². The van der Waals surface area contributed by atoms with Gasteiger partial charge in [-0.05, 0) is 50.2 Å². The number of rotatable bonds is 6.